The van der Waals surface area contributed by atoms with Gasteiger partial charge in [-0.05, 0) is 43.2 Å². The molecule has 0 amide bonds. The van der Waals surface area contributed by atoms with Crippen LogP contribution in [0.2, 0.25) is 0 Å². The van der Waals surface area contributed by atoms with Crippen molar-refractivity contribution in [3.63, 3.8) is 0 Å². The smallest absolute Gasteiger partial charge is 0.262 e. The van der Waals surface area contributed by atoms with Gasteiger partial charge >= 0.3 is 0 Å². The van der Waals surface area contributed by atoms with Crippen molar-refractivity contribution in [3.8, 4) is 0 Å². The van der Waals surface area contributed by atoms with E-state index in [9.17, 15) is 8.42 Å². The molecule has 19 heavy (non-hydrogen) atoms. The van der Waals surface area contributed by atoms with Gasteiger partial charge in [-0.1, -0.05) is 24.3 Å². The molecule has 0 aliphatic heterocycles. The van der Waals surface area contributed by atoms with E-state index in [0.29, 0.717) is 16.3 Å². The molecule has 5 heteroatoms. The van der Waals surface area contributed by atoms with Crippen molar-refractivity contribution in [2.75, 3.05) is 10.5 Å². The molecule has 2 rings (SSSR count). The van der Waals surface area contributed by atoms with Gasteiger partial charge in [-0.2, -0.15) is 0 Å². The number of nitrogens with one attached hydrogen (secondary N) is 1. The molecule has 0 radical (unpaired) electrons. The van der Waals surface area contributed by atoms with E-state index in [1.54, 1.807) is 50.2 Å². The Kier molecular flexibility index (Phi) is 3.48. The van der Waals surface area contributed by atoms with Gasteiger partial charge in [0.25, 0.3) is 10.0 Å². The summed E-state index contributed by atoms with van der Waals surface area (Å²) in [5.41, 5.74) is 8.06. The predicted molar refractivity (Wildman–Crippen MR) is 77.6 cm³/mol. The van der Waals surface area contributed by atoms with Crippen LogP contribution in [0.15, 0.2) is 47.4 Å². The average molecular weight is 276 g/mol. The Bertz CT molecular complexity index is 689. The number of anilines is 2. The topological polar surface area (TPSA) is 72.2 Å². The van der Waals surface area contributed by atoms with Gasteiger partial charge in [0.1, 0.15) is 0 Å². The Balaban J connectivity index is 2.44. The number of hydrogen-bond donors (Lipinski definition) is 2. The minimum Gasteiger partial charge on any atom is -0.399 e. The summed E-state index contributed by atoms with van der Waals surface area (Å²) in [5.74, 6) is 0. The maximum Gasteiger partial charge on any atom is 0.262 e. The summed E-state index contributed by atoms with van der Waals surface area (Å²) < 4.78 is 27.4. The van der Waals surface area contributed by atoms with Crippen LogP contribution in [0.25, 0.3) is 0 Å². The maximum atomic E-state index is 12.4. The quantitative estimate of drug-likeness (QED) is 0.847. The molecule has 0 aliphatic carbocycles. The summed E-state index contributed by atoms with van der Waals surface area (Å²) in [6.07, 6.45) is 0. The average Bonchev–Trinajstić information content (AvgIpc) is 2.27. The highest BCUT2D eigenvalue weighted by Gasteiger charge is 2.19. The third-order valence-electron chi connectivity index (χ3n) is 2.82. The highest BCUT2D eigenvalue weighted by Crippen LogP contribution is 2.23. The van der Waals surface area contributed by atoms with E-state index in [0.717, 1.165) is 11.1 Å². The first-order valence-corrected chi connectivity index (χ1v) is 7.33. The molecular formula is C14H16N2O2S. The van der Waals surface area contributed by atoms with E-state index in [1.807, 2.05) is 6.07 Å². The molecular weight excluding hydrogens is 260 g/mol. The molecule has 0 fully saturated rings. The number of nitrogen functional groups attached to an aromatic ring is 1. The highest BCUT2D eigenvalue weighted by molar-refractivity contribution is 7.92. The summed E-state index contributed by atoms with van der Waals surface area (Å²) in [6.45, 7) is 3.56. The minimum absolute atomic E-state index is 0.317. The predicted octanol–water partition coefficient (Wildman–Crippen LogP) is 2.69. The molecule has 0 saturated carbocycles. The van der Waals surface area contributed by atoms with Gasteiger partial charge in [0.2, 0.25) is 0 Å². The van der Waals surface area contributed by atoms with E-state index < -0.39 is 10.0 Å². The van der Waals surface area contributed by atoms with Crippen molar-refractivity contribution in [3.05, 3.63) is 53.6 Å². The lowest BCUT2D eigenvalue weighted by molar-refractivity contribution is 0.600. The van der Waals surface area contributed by atoms with E-state index in [-0.39, 0.29) is 0 Å². The zero-order valence-electron chi connectivity index (χ0n) is 10.8. The monoisotopic (exact) mass is 276 g/mol. The zero-order valence-corrected chi connectivity index (χ0v) is 11.7. The highest BCUT2D eigenvalue weighted by atomic mass is 32.2. The first-order valence-electron chi connectivity index (χ1n) is 5.85. The Morgan fingerprint density at radius 2 is 1.58 bits per heavy atom. The first-order chi connectivity index (χ1) is 8.90. The van der Waals surface area contributed by atoms with Crippen LogP contribution in [0.5, 0.6) is 0 Å². The SMILES string of the molecule is Cc1cccc(C)c1S(=O)(=O)Nc1cccc(N)c1. The van der Waals surface area contributed by atoms with Crippen molar-refractivity contribution in [2.45, 2.75) is 18.7 Å². The van der Waals surface area contributed by atoms with Gasteiger partial charge in [0.15, 0.2) is 0 Å². The zero-order chi connectivity index (χ0) is 14.0. The third-order valence-corrected chi connectivity index (χ3v) is 4.50. The van der Waals surface area contributed by atoms with Crippen LogP contribution < -0.4 is 10.5 Å². The van der Waals surface area contributed by atoms with E-state index in [1.165, 1.54) is 0 Å². The molecule has 0 aliphatic rings. The molecule has 100 valence electrons. The van der Waals surface area contributed by atoms with Gasteiger partial charge < -0.3 is 5.73 Å². The Morgan fingerprint density at radius 1 is 1.00 bits per heavy atom. The van der Waals surface area contributed by atoms with Crippen molar-refractivity contribution in [1.82, 2.24) is 0 Å². The largest absolute Gasteiger partial charge is 0.399 e. The second kappa shape index (κ2) is 4.93. The van der Waals surface area contributed by atoms with E-state index in [2.05, 4.69) is 4.72 Å². The molecule has 2 aromatic carbocycles. The summed E-state index contributed by atoms with van der Waals surface area (Å²) in [7, 11) is -3.60. The van der Waals surface area contributed by atoms with Gasteiger partial charge in [-0.25, -0.2) is 8.42 Å². The third kappa shape index (κ3) is 2.88. The van der Waals surface area contributed by atoms with Crippen LogP contribution in [0.3, 0.4) is 0 Å². The number of nitrogens with two attached hydrogens (primary N) is 1. The Labute approximate surface area is 113 Å². The van der Waals surface area contributed by atoms with E-state index >= 15 is 0 Å². The fourth-order valence-electron chi connectivity index (χ4n) is 2.03. The molecule has 4 nitrogen and oxygen atoms in total. The van der Waals surface area contributed by atoms with Crippen molar-refractivity contribution in [2.24, 2.45) is 0 Å². The fraction of sp³-hybridized carbons (Fsp3) is 0.143. The molecule has 0 spiro atoms. The van der Waals surface area contributed by atoms with Crippen LogP contribution in [-0.4, -0.2) is 8.42 Å². The lowest BCUT2D eigenvalue weighted by Crippen LogP contribution is -2.15. The lowest BCUT2D eigenvalue weighted by atomic mass is 10.2. The number of aryl methyl sites for hydroxylation is 2. The number of sulfonamides is 1. The summed E-state index contributed by atoms with van der Waals surface area (Å²) >= 11 is 0. The Morgan fingerprint density at radius 3 is 2.16 bits per heavy atom. The van der Waals surface area contributed by atoms with E-state index in [4.69, 9.17) is 5.73 Å². The van der Waals surface area contributed by atoms with Crippen LogP contribution >= 0.6 is 0 Å². The van der Waals surface area contributed by atoms with Crippen molar-refractivity contribution in [1.29, 1.82) is 0 Å². The van der Waals surface area contributed by atoms with Crippen LogP contribution in [0.1, 0.15) is 11.1 Å². The second-order valence-electron chi connectivity index (χ2n) is 4.45. The Hall–Kier alpha value is -2.01. The lowest BCUT2D eigenvalue weighted by Gasteiger charge is -2.13. The normalized spacial score (nSPS) is 11.3. The molecule has 0 bridgehead atoms. The maximum absolute atomic E-state index is 12.4. The first kappa shape index (κ1) is 13.4. The summed E-state index contributed by atoms with van der Waals surface area (Å²) in [6, 6.07) is 12.1. The molecule has 2 aromatic rings. The molecule has 0 atom stereocenters. The fourth-order valence-corrected chi connectivity index (χ4v) is 3.55. The molecule has 0 aromatic heterocycles. The van der Waals surface area contributed by atoms with Gasteiger partial charge in [0, 0.05) is 5.69 Å². The van der Waals surface area contributed by atoms with Crippen LogP contribution in [0.4, 0.5) is 11.4 Å². The van der Waals surface area contributed by atoms with Crippen molar-refractivity contribution >= 4 is 21.4 Å². The summed E-state index contributed by atoms with van der Waals surface area (Å²) in [4.78, 5) is 0.317. The molecule has 3 N–H and O–H groups in total. The van der Waals surface area contributed by atoms with Gasteiger partial charge in [-0.15, -0.1) is 0 Å². The molecule has 0 saturated heterocycles. The van der Waals surface area contributed by atoms with Gasteiger partial charge in [0.05, 0.1) is 10.6 Å². The molecule has 0 unspecified atom stereocenters. The summed E-state index contributed by atoms with van der Waals surface area (Å²) in [5, 5.41) is 0. The number of benzene rings is 2. The standard InChI is InChI=1S/C14H16N2O2S/c1-10-5-3-6-11(2)14(10)19(17,18)16-13-8-4-7-12(15)9-13/h3-9,16H,15H2,1-2H3. The minimum atomic E-state index is -3.60. The van der Waals surface area contributed by atoms with Gasteiger partial charge in [-0.3, -0.25) is 4.72 Å². The van der Waals surface area contributed by atoms with Crippen LogP contribution in [-0.2, 0) is 10.0 Å². The van der Waals surface area contributed by atoms with Crippen LogP contribution in [0, 0.1) is 13.8 Å². The number of hydrogen-bond acceptors (Lipinski definition) is 3. The number of rotatable bonds is 3. The molecule has 0 heterocycles. The second-order valence-corrected chi connectivity index (χ2v) is 6.07. The van der Waals surface area contributed by atoms with Crippen molar-refractivity contribution < 1.29 is 8.42 Å².